The van der Waals surface area contributed by atoms with Gasteiger partial charge in [-0.05, 0) is 37.6 Å². The molecule has 0 saturated heterocycles. The van der Waals surface area contributed by atoms with E-state index in [0.717, 1.165) is 33.7 Å². The first-order valence-electron chi connectivity index (χ1n) is 7.25. The second-order valence-electron chi connectivity index (χ2n) is 5.65. The Labute approximate surface area is 134 Å². The smallest absolute Gasteiger partial charge is 0.183 e. The van der Waals surface area contributed by atoms with E-state index in [0.29, 0.717) is 5.82 Å². The summed E-state index contributed by atoms with van der Waals surface area (Å²) in [6.45, 7) is 3.93. The summed E-state index contributed by atoms with van der Waals surface area (Å²) in [4.78, 5) is 15.0. The number of fused-ring (bicyclic) bond motifs is 1. The molecule has 1 aromatic carbocycles. The number of nitrogen functional groups attached to an aromatic ring is 1. The summed E-state index contributed by atoms with van der Waals surface area (Å²) in [6.07, 6.45) is 3.23. The van der Waals surface area contributed by atoms with E-state index < -0.39 is 0 Å². The van der Waals surface area contributed by atoms with Gasteiger partial charge < -0.3 is 10.6 Å². The number of aromatic nitrogens is 4. The number of nitrogens with zero attached hydrogens (tertiary/aromatic N) is 6. The van der Waals surface area contributed by atoms with Crippen molar-refractivity contribution in [3.63, 3.8) is 0 Å². The largest absolute Gasteiger partial charge is 0.399 e. The van der Waals surface area contributed by atoms with E-state index in [1.807, 2.05) is 55.7 Å². The molecule has 2 N–H and O–H groups in total. The Morgan fingerprint density at radius 3 is 2.70 bits per heavy atom. The average Bonchev–Trinajstić information content (AvgIpc) is 2.83. The number of aliphatic imine (C=N–C) groups is 1. The van der Waals surface area contributed by atoms with E-state index in [9.17, 15) is 0 Å². The first kappa shape index (κ1) is 15.0. The number of nitrogens with two attached hydrogens (primary N) is 1. The van der Waals surface area contributed by atoms with Crippen molar-refractivity contribution >= 4 is 28.9 Å². The number of rotatable bonds is 3. The zero-order chi connectivity index (χ0) is 16.6. The highest BCUT2D eigenvalue weighted by atomic mass is 15.3. The van der Waals surface area contributed by atoms with Gasteiger partial charge in [-0.25, -0.2) is 19.6 Å². The van der Waals surface area contributed by atoms with Gasteiger partial charge in [-0.3, -0.25) is 0 Å². The lowest BCUT2D eigenvalue weighted by atomic mass is 10.2. The molecule has 7 heteroatoms. The quantitative estimate of drug-likeness (QED) is 0.455. The molecule has 2 heterocycles. The van der Waals surface area contributed by atoms with Gasteiger partial charge in [0.15, 0.2) is 5.82 Å². The predicted octanol–water partition coefficient (Wildman–Crippen LogP) is 2.24. The second-order valence-corrected chi connectivity index (χ2v) is 5.65. The molecule has 118 valence electrons. The molecule has 0 aliphatic rings. The molecule has 0 bridgehead atoms. The number of hydrogen-bond donors (Lipinski definition) is 1. The summed E-state index contributed by atoms with van der Waals surface area (Å²) in [7, 11) is 3.82. The first-order valence-corrected chi connectivity index (χ1v) is 7.25. The summed E-state index contributed by atoms with van der Waals surface area (Å²) < 4.78 is 1.84. The lowest BCUT2D eigenvalue weighted by Gasteiger charge is -2.09. The van der Waals surface area contributed by atoms with Gasteiger partial charge in [0, 0.05) is 19.8 Å². The van der Waals surface area contributed by atoms with E-state index in [1.165, 1.54) is 6.33 Å². The fraction of sp³-hybridized carbons (Fsp3) is 0.250. The van der Waals surface area contributed by atoms with Gasteiger partial charge in [0.25, 0.3) is 0 Å². The van der Waals surface area contributed by atoms with Crippen molar-refractivity contribution in [2.75, 3.05) is 19.8 Å². The van der Waals surface area contributed by atoms with Crippen LogP contribution in [0.5, 0.6) is 0 Å². The third-order valence-corrected chi connectivity index (χ3v) is 3.47. The van der Waals surface area contributed by atoms with Crippen LogP contribution in [-0.4, -0.2) is 45.1 Å². The standard InChI is InChI=1S/C16H19N7/c1-10-7-12(17)5-6-13(10)23-15-14(11(2)21-23)18-8-19-16(15)20-9-22(3)4/h5-9H,17H2,1-4H3. The van der Waals surface area contributed by atoms with Crippen LogP contribution in [0.4, 0.5) is 11.5 Å². The molecular weight excluding hydrogens is 290 g/mol. The van der Waals surface area contributed by atoms with Gasteiger partial charge >= 0.3 is 0 Å². The van der Waals surface area contributed by atoms with E-state index in [2.05, 4.69) is 20.1 Å². The van der Waals surface area contributed by atoms with Crippen molar-refractivity contribution in [3.05, 3.63) is 35.8 Å². The van der Waals surface area contributed by atoms with Crippen LogP contribution in [0.15, 0.2) is 29.5 Å². The molecule has 3 rings (SSSR count). The minimum Gasteiger partial charge on any atom is -0.399 e. The van der Waals surface area contributed by atoms with E-state index in [1.54, 1.807) is 6.34 Å². The lowest BCUT2D eigenvalue weighted by molar-refractivity contribution is 0.643. The zero-order valence-corrected chi connectivity index (χ0v) is 13.6. The molecule has 0 aliphatic heterocycles. The SMILES string of the molecule is Cc1cc(N)ccc1-n1nc(C)c2ncnc(N=CN(C)C)c21. The molecular formula is C16H19N7. The van der Waals surface area contributed by atoms with Crippen LogP contribution in [-0.2, 0) is 0 Å². The fourth-order valence-corrected chi connectivity index (χ4v) is 2.43. The zero-order valence-electron chi connectivity index (χ0n) is 13.6. The van der Waals surface area contributed by atoms with Gasteiger partial charge in [0.1, 0.15) is 17.4 Å². The highest BCUT2D eigenvalue weighted by molar-refractivity contribution is 5.88. The number of hydrogen-bond acceptors (Lipinski definition) is 5. The Bertz CT molecular complexity index is 893. The van der Waals surface area contributed by atoms with Crippen molar-refractivity contribution in [2.24, 2.45) is 4.99 Å². The first-order chi connectivity index (χ1) is 11.0. The molecule has 2 aromatic heterocycles. The summed E-state index contributed by atoms with van der Waals surface area (Å²) in [5, 5.41) is 4.62. The van der Waals surface area contributed by atoms with E-state index in [-0.39, 0.29) is 0 Å². The predicted molar refractivity (Wildman–Crippen MR) is 92.4 cm³/mol. The maximum atomic E-state index is 5.85. The summed E-state index contributed by atoms with van der Waals surface area (Å²) in [5.74, 6) is 0.584. The van der Waals surface area contributed by atoms with Crippen LogP contribution in [0, 0.1) is 13.8 Å². The van der Waals surface area contributed by atoms with Gasteiger partial charge in [-0.15, -0.1) is 0 Å². The molecule has 3 aromatic rings. The Morgan fingerprint density at radius 1 is 1.22 bits per heavy atom. The second kappa shape index (κ2) is 5.68. The molecule has 0 aliphatic carbocycles. The van der Waals surface area contributed by atoms with Crippen LogP contribution >= 0.6 is 0 Å². The number of aryl methyl sites for hydroxylation is 2. The highest BCUT2D eigenvalue weighted by Gasteiger charge is 2.16. The maximum Gasteiger partial charge on any atom is 0.183 e. The minimum absolute atomic E-state index is 0.584. The Balaban J connectivity index is 2.29. The van der Waals surface area contributed by atoms with Crippen molar-refractivity contribution in [1.29, 1.82) is 0 Å². The van der Waals surface area contributed by atoms with Gasteiger partial charge in [-0.2, -0.15) is 5.10 Å². The Hall–Kier alpha value is -2.96. The van der Waals surface area contributed by atoms with Crippen LogP contribution < -0.4 is 5.73 Å². The van der Waals surface area contributed by atoms with Crippen LogP contribution in [0.3, 0.4) is 0 Å². The van der Waals surface area contributed by atoms with Crippen LogP contribution in [0.1, 0.15) is 11.3 Å². The average molecular weight is 309 g/mol. The summed E-state index contributed by atoms with van der Waals surface area (Å²) in [6, 6.07) is 5.73. The third-order valence-electron chi connectivity index (χ3n) is 3.47. The van der Waals surface area contributed by atoms with Crippen molar-refractivity contribution in [1.82, 2.24) is 24.6 Å². The molecule has 0 amide bonds. The molecule has 0 fully saturated rings. The van der Waals surface area contributed by atoms with E-state index in [4.69, 9.17) is 5.73 Å². The molecule has 0 radical (unpaired) electrons. The van der Waals surface area contributed by atoms with Gasteiger partial charge in [-0.1, -0.05) is 0 Å². The Morgan fingerprint density at radius 2 is 2.00 bits per heavy atom. The normalized spacial score (nSPS) is 11.5. The molecule has 0 spiro atoms. The highest BCUT2D eigenvalue weighted by Crippen LogP contribution is 2.28. The molecule has 7 nitrogen and oxygen atoms in total. The van der Waals surface area contributed by atoms with Crippen LogP contribution in [0.2, 0.25) is 0 Å². The number of benzene rings is 1. The molecule has 0 atom stereocenters. The van der Waals surface area contributed by atoms with Gasteiger partial charge in [0.05, 0.1) is 17.7 Å². The minimum atomic E-state index is 0.584. The topological polar surface area (TPSA) is 85.2 Å². The lowest BCUT2D eigenvalue weighted by Crippen LogP contribution is -2.07. The summed E-state index contributed by atoms with van der Waals surface area (Å²) in [5.41, 5.74) is 11.0. The fourth-order valence-electron chi connectivity index (χ4n) is 2.43. The van der Waals surface area contributed by atoms with E-state index >= 15 is 0 Å². The van der Waals surface area contributed by atoms with Crippen molar-refractivity contribution in [2.45, 2.75) is 13.8 Å². The Kier molecular flexibility index (Phi) is 3.69. The third kappa shape index (κ3) is 2.73. The van der Waals surface area contributed by atoms with Gasteiger partial charge in [0.2, 0.25) is 0 Å². The van der Waals surface area contributed by atoms with Crippen LogP contribution in [0.25, 0.3) is 16.7 Å². The molecule has 0 saturated carbocycles. The number of anilines is 1. The monoisotopic (exact) mass is 309 g/mol. The maximum absolute atomic E-state index is 5.85. The molecule has 23 heavy (non-hydrogen) atoms. The molecule has 0 unspecified atom stereocenters. The van der Waals surface area contributed by atoms with Crippen molar-refractivity contribution < 1.29 is 0 Å². The summed E-state index contributed by atoms with van der Waals surface area (Å²) >= 11 is 0. The van der Waals surface area contributed by atoms with Crippen molar-refractivity contribution in [3.8, 4) is 5.69 Å².